The summed E-state index contributed by atoms with van der Waals surface area (Å²) in [6.07, 6.45) is -0.613. The molecule has 0 saturated carbocycles. The number of furan rings is 1. The Kier molecular flexibility index (Phi) is 4.32. The number of fused-ring (bicyclic) bond motifs is 3. The highest BCUT2D eigenvalue weighted by molar-refractivity contribution is 6.06. The molecule has 0 bridgehead atoms. The molecule has 0 aliphatic rings. The maximum Gasteiger partial charge on any atom is 0.265 e. The van der Waals surface area contributed by atoms with Gasteiger partial charge in [-0.2, -0.15) is 0 Å². The van der Waals surface area contributed by atoms with Gasteiger partial charge in [-0.15, -0.1) is 0 Å². The molecule has 4 heteroatoms. The molecule has 1 aromatic heterocycles. The molecule has 0 aliphatic carbocycles. The third-order valence-electron chi connectivity index (χ3n) is 4.52. The molecule has 1 heterocycles. The Balaban J connectivity index is 1.52. The van der Waals surface area contributed by atoms with Gasteiger partial charge >= 0.3 is 0 Å². The first kappa shape index (κ1) is 17.2. The lowest BCUT2D eigenvalue weighted by Crippen LogP contribution is -2.30. The number of aryl methyl sites for hydroxylation is 2. The fourth-order valence-electron chi connectivity index (χ4n) is 3.31. The van der Waals surface area contributed by atoms with Crippen LogP contribution in [0.1, 0.15) is 18.1 Å². The number of rotatable bonds is 4. The second-order valence-corrected chi connectivity index (χ2v) is 6.88. The number of para-hydroxylation sites is 1. The van der Waals surface area contributed by atoms with Crippen LogP contribution in [0.3, 0.4) is 0 Å². The lowest BCUT2D eigenvalue weighted by Gasteiger charge is -2.15. The average molecular weight is 359 g/mol. The summed E-state index contributed by atoms with van der Waals surface area (Å²) in [6, 6.07) is 19.5. The first-order valence-electron chi connectivity index (χ1n) is 8.97. The summed E-state index contributed by atoms with van der Waals surface area (Å²) in [5.41, 5.74) is 4.47. The molecule has 0 unspecified atom stereocenters. The Bertz CT molecular complexity index is 1120. The average Bonchev–Trinajstić information content (AvgIpc) is 2.98. The first-order chi connectivity index (χ1) is 13.0. The van der Waals surface area contributed by atoms with Crippen molar-refractivity contribution >= 4 is 33.5 Å². The van der Waals surface area contributed by atoms with Gasteiger partial charge in [0.25, 0.3) is 5.91 Å². The quantitative estimate of drug-likeness (QED) is 0.515. The van der Waals surface area contributed by atoms with Crippen LogP contribution in [0, 0.1) is 13.8 Å². The first-order valence-corrected chi connectivity index (χ1v) is 8.97. The Hall–Kier alpha value is -3.27. The van der Waals surface area contributed by atoms with Gasteiger partial charge in [-0.3, -0.25) is 4.79 Å². The SMILES string of the molecule is Cc1cc(C)cc(O[C@@H](C)C(=O)Nc2ccc3c(c2)oc2ccccc23)c1. The molecular weight excluding hydrogens is 338 g/mol. The van der Waals surface area contributed by atoms with E-state index in [0.717, 1.165) is 33.1 Å². The molecule has 136 valence electrons. The monoisotopic (exact) mass is 359 g/mol. The van der Waals surface area contributed by atoms with E-state index in [1.807, 2.05) is 68.4 Å². The second-order valence-electron chi connectivity index (χ2n) is 6.88. The van der Waals surface area contributed by atoms with E-state index >= 15 is 0 Å². The van der Waals surface area contributed by atoms with E-state index in [-0.39, 0.29) is 5.91 Å². The van der Waals surface area contributed by atoms with Crippen LogP contribution in [0.5, 0.6) is 5.75 Å². The van der Waals surface area contributed by atoms with Gasteiger partial charge in [0, 0.05) is 22.5 Å². The van der Waals surface area contributed by atoms with Crippen LogP contribution in [-0.2, 0) is 4.79 Å². The van der Waals surface area contributed by atoms with Gasteiger partial charge in [0.15, 0.2) is 6.10 Å². The fourth-order valence-corrected chi connectivity index (χ4v) is 3.31. The van der Waals surface area contributed by atoms with Crippen molar-refractivity contribution in [1.82, 2.24) is 0 Å². The standard InChI is InChI=1S/C23H21NO3/c1-14-10-15(2)12-18(11-14)26-16(3)23(25)24-17-8-9-20-19-6-4-5-7-21(19)27-22(20)13-17/h4-13,16H,1-3H3,(H,24,25)/t16-/m0/s1. The maximum atomic E-state index is 12.5. The predicted molar refractivity (Wildman–Crippen MR) is 108 cm³/mol. The number of hydrogen-bond acceptors (Lipinski definition) is 3. The molecule has 4 nitrogen and oxygen atoms in total. The van der Waals surface area contributed by atoms with Crippen LogP contribution in [0.25, 0.3) is 21.9 Å². The number of anilines is 1. The molecule has 4 rings (SSSR count). The molecule has 0 fully saturated rings. The van der Waals surface area contributed by atoms with Gasteiger partial charge in [-0.1, -0.05) is 24.3 Å². The van der Waals surface area contributed by atoms with Gasteiger partial charge in [0.05, 0.1) is 0 Å². The number of hydrogen-bond donors (Lipinski definition) is 1. The number of ether oxygens (including phenoxy) is 1. The molecule has 0 spiro atoms. The van der Waals surface area contributed by atoms with Crippen LogP contribution in [0.4, 0.5) is 5.69 Å². The molecule has 3 aromatic carbocycles. The van der Waals surface area contributed by atoms with Crippen molar-refractivity contribution in [2.75, 3.05) is 5.32 Å². The van der Waals surface area contributed by atoms with Gasteiger partial charge in [-0.25, -0.2) is 0 Å². The van der Waals surface area contributed by atoms with Crippen molar-refractivity contribution in [1.29, 1.82) is 0 Å². The minimum atomic E-state index is -0.613. The number of amides is 1. The number of nitrogens with one attached hydrogen (secondary N) is 1. The van der Waals surface area contributed by atoms with Crippen molar-refractivity contribution in [3.8, 4) is 5.75 Å². The molecule has 4 aromatic rings. The van der Waals surface area contributed by atoms with Crippen molar-refractivity contribution in [2.45, 2.75) is 26.9 Å². The Morgan fingerprint density at radius 3 is 2.41 bits per heavy atom. The zero-order valence-electron chi connectivity index (χ0n) is 15.6. The Labute approximate surface area is 157 Å². The molecule has 0 radical (unpaired) electrons. The van der Waals surface area contributed by atoms with Crippen molar-refractivity contribution < 1.29 is 13.9 Å². The second kappa shape index (κ2) is 6.80. The summed E-state index contributed by atoms with van der Waals surface area (Å²) in [5, 5.41) is 5.00. The van der Waals surface area contributed by atoms with Crippen molar-refractivity contribution in [3.63, 3.8) is 0 Å². The van der Waals surface area contributed by atoms with Crippen LogP contribution < -0.4 is 10.1 Å². The molecule has 1 amide bonds. The summed E-state index contributed by atoms with van der Waals surface area (Å²) >= 11 is 0. The normalized spacial score (nSPS) is 12.3. The minimum absolute atomic E-state index is 0.204. The smallest absolute Gasteiger partial charge is 0.265 e. The van der Waals surface area contributed by atoms with Gasteiger partial charge in [0.1, 0.15) is 16.9 Å². The zero-order chi connectivity index (χ0) is 19.0. The zero-order valence-corrected chi connectivity index (χ0v) is 15.6. The van der Waals surface area contributed by atoms with E-state index in [1.165, 1.54) is 0 Å². The van der Waals surface area contributed by atoms with E-state index in [9.17, 15) is 4.79 Å². The van der Waals surface area contributed by atoms with Crippen molar-refractivity contribution in [3.05, 3.63) is 71.8 Å². The maximum absolute atomic E-state index is 12.5. The van der Waals surface area contributed by atoms with Crippen LogP contribution in [0.2, 0.25) is 0 Å². The third-order valence-corrected chi connectivity index (χ3v) is 4.52. The summed E-state index contributed by atoms with van der Waals surface area (Å²) in [4.78, 5) is 12.5. The molecular formula is C23H21NO3. The predicted octanol–water partition coefficient (Wildman–Crippen LogP) is 5.61. The number of carbonyl (C=O) groups is 1. The lowest BCUT2D eigenvalue weighted by atomic mass is 10.1. The van der Waals surface area contributed by atoms with E-state index < -0.39 is 6.10 Å². The topological polar surface area (TPSA) is 51.5 Å². The lowest BCUT2D eigenvalue weighted by molar-refractivity contribution is -0.122. The highest BCUT2D eigenvalue weighted by atomic mass is 16.5. The molecule has 1 atom stereocenters. The van der Waals surface area contributed by atoms with E-state index in [2.05, 4.69) is 11.4 Å². The van der Waals surface area contributed by atoms with E-state index in [0.29, 0.717) is 11.4 Å². The third kappa shape index (κ3) is 3.51. The van der Waals surface area contributed by atoms with Crippen LogP contribution >= 0.6 is 0 Å². The largest absolute Gasteiger partial charge is 0.481 e. The number of benzene rings is 3. The molecule has 1 N–H and O–H groups in total. The van der Waals surface area contributed by atoms with E-state index in [1.54, 1.807) is 6.92 Å². The summed E-state index contributed by atoms with van der Waals surface area (Å²) < 4.78 is 11.7. The minimum Gasteiger partial charge on any atom is -0.481 e. The fraction of sp³-hybridized carbons (Fsp3) is 0.174. The molecule has 0 aliphatic heterocycles. The molecule has 27 heavy (non-hydrogen) atoms. The highest BCUT2D eigenvalue weighted by Gasteiger charge is 2.16. The summed E-state index contributed by atoms with van der Waals surface area (Å²) in [6.45, 7) is 5.76. The summed E-state index contributed by atoms with van der Waals surface area (Å²) in [5.74, 6) is 0.493. The van der Waals surface area contributed by atoms with Gasteiger partial charge < -0.3 is 14.5 Å². The Morgan fingerprint density at radius 2 is 1.63 bits per heavy atom. The van der Waals surface area contributed by atoms with Gasteiger partial charge in [-0.05, 0) is 62.2 Å². The van der Waals surface area contributed by atoms with Crippen LogP contribution in [0.15, 0.2) is 65.1 Å². The van der Waals surface area contributed by atoms with Crippen molar-refractivity contribution in [2.24, 2.45) is 0 Å². The Morgan fingerprint density at radius 1 is 0.926 bits per heavy atom. The summed E-state index contributed by atoms with van der Waals surface area (Å²) in [7, 11) is 0. The highest BCUT2D eigenvalue weighted by Crippen LogP contribution is 2.30. The number of carbonyl (C=O) groups excluding carboxylic acids is 1. The van der Waals surface area contributed by atoms with Gasteiger partial charge in [0.2, 0.25) is 0 Å². The van der Waals surface area contributed by atoms with Crippen LogP contribution in [-0.4, -0.2) is 12.0 Å². The van der Waals surface area contributed by atoms with E-state index in [4.69, 9.17) is 9.15 Å². The molecule has 0 saturated heterocycles.